The van der Waals surface area contributed by atoms with Gasteiger partial charge in [-0.3, -0.25) is 9.59 Å². The van der Waals surface area contributed by atoms with Gasteiger partial charge in [0.25, 0.3) is 11.5 Å². The molecule has 1 amide bonds. The third-order valence-corrected chi connectivity index (χ3v) is 4.05. The number of benzene rings is 1. The maximum atomic E-state index is 12.5. The Morgan fingerprint density at radius 2 is 1.92 bits per heavy atom. The highest BCUT2D eigenvalue weighted by atomic mass is 16.5. The van der Waals surface area contributed by atoms with Crippen LogP contribution in [0.15, 0.2) is 41.2 Å². The first-order chi connectivity index (χ1) is 12.1. The molecule has 2 rings (SSSR count). The van der Waals surface area contributed by atoms with Crippen LogP contribution in [0.3, 0.4) is 0 Å². The van der Waals surface area contributed by atoms with E-state index in [1.807, 2.05) is 38.1 Å². The highest BCUT2D eigenvalue weighted by Gasteiger charge is 2.16. The van der Waals surface area contributed by atoms with E-state index in [-0.39, 0.29) is 23.2 Å². The Balaban J connectivity index is 2.14. The van der Waals surface area contributed by atoms with Gasteiger partial charge in [-0.1, -0.05) is 32.4 Å². The van der Waals surface area contributed by atoms with E-state index in [0.717, 1.165) is 30.6 Å². The molecule has 25 heavy (non-hydrogen) atoms. The molecule has 1 aromatic carbocycles. The van der Waals surface area contributed by atoms with Gasteiger partial charge < -0.3 is 10.1 Å². The van der Waals surface area contributed by atoms with Crippen LogP contribution in [-0.2, 0) is 6.54 Å². The molecule has 0 aliphatic carbocycles. The van der Waals surface area contributed by atoms with Crippen LogP contribution < -0.4 is 15.6 Å². The number of nitrogens with one attached hydrogen (secondary N) is 1. The molecule has 6 nitrogen and oxygen atoms in total. The van der Waals surface area contributed by atoms with Crippen LogP contribution in [-0.4, -0.2) is 22.8 Å². The van der Waals surface area contributed by atoms with Crippen molar-refractivity contribution >= 4 is 5.91 Å². The van der Waals surface area contributed by atoms with E-state index in [4.69, 9.17) is 4.74 Å². The topological polar surface area (TPSA) is 73.2 Å². The van der Waals surface area contributed by atoms with Crippen molar-refractivity contribution in [1.82, 2.24) is 15.1 Å². The summed E-state index contributed by atoms with van der Waals surface area (Å²) in [5.74, 6) is 0.488. The van der Waals surface area contributed by atoms with E-state index in [1.165, 1.54) is 16.8 Å². The zero-order chi connectivity index (χ0) is 18.2. The Hall–Kier alpha value is -2.63. The molecule has 1 atom stereocenters. The maximum Gasteiger partial charge on any atom is 0.272 e. The standard InChI is InChI=1S/C19H25N3O3/c1-4-6-13-22-18(23)12-11-17(21-22)19(24)20-16(5-2)14-7-9-15(25-3)10-8-14/h7-12,16H,4-6,13H2,1-3H3,(H,20,24). The summed E-state index contributed by atoms with van der Waals surface area (Å²) in [7, 11) is 1.62. The average Bonchev–Trinajstić information content (AvgIpc) is 2.65. The fourth-order valence-electron chi connectivity index (χ4n) is 2.53. The van der Waals surface area contributed by atoms with E-state index in [1.54, 1.807) is 7.11 Å². The van der Waals surface area contributed by atoms with Crippen molar-refractivity contribution in [1.29, 1.82) is 0 Å². The molecule has 6 heteroatoms. The van der Waals surface area contributed by atoms with Crippen LogP contribution in [0.1, 0.15) is 55.2 Å². The number of rotatable bonds is 8. The number of hydrogen-bond donors (Lipinski definition) is 1. The molecule has 0 radical (unpaired) electrons. The van der Waals surface area contributed by atoms with E-state index in [0.29, 0.717) is 6.54 Å². The predicted octanol–water partition coefficient (Wildman–Crippen LogP) is 2.93. The SMILES string of the molecule is CCCCn1nc(C(=O)NC(CC)c2ccc(OC)cc2)ccc1=O. The zero-order valence-electron chi connectivity index (χ0n) is 15.0. The van der Waals surface area contributed by atoms with Gasteiger partial charge >= 0.3 is 0 Å². The zero-order valence-corrected chi connectivity index (χ0v) is 15.0. The number of aromatic nitrogens is 2. The van der Waals surface area contributed by atoms with Crippen molar-refractivity contribution in [2.45, 2.75) is 45.7 Å². The van der Waals surface area contributed by atoms with Crippen molar-refractivity contribution in [2.24, 2.45) is 0 Å². The van der Waals surface area contributed by atoms with Gasteiger partial charge in [-0.25, -0.2) is 4.68 Å². The third-order valence-electron chi connectivity index (χ3n) is 4.05. The first-order valence-corrected chi connectivity index (χ1v) is 8.62. The van der Waals surface area contributed by atoms with Gasteiger partial charge in [0.1, 0.15) is 11.4 Å². The third kappa shape index (κ3) is 4.92. The number of carbonyl (C=O) groups excluding carboxylic acids is 1. The minimum atomic E-state index is -0.284. The molecule has 0 aliphatic rings. The maximum absolute atomic E-state index is 12.5. The molecule has 1 N–H and O–H groups in total. The summed E-state index contributed by atoms with van der Waals surface area (Å²) in [5, 5.41) is 7.17. The van der Waals surface area contributed by atoms with E-state index in [2.05, 4.69) is 10.4 Å². The number of nitrogens with zero attached hydrogens (tertiary/aromatic N) is 2. The molecule has 0 spiro atoms. The second-order valence-corrected chi connectivity index (χ2v) is 5.84. The molecular formula is C19H25N3O3. The normalized spacial score (nSPS) is 11.8. The van der Waals surface area contributed by atoms with Gasteiger partial charge in [-0.2, -0.15) is 5.10 Å². The fraction of sp³-hybridized carbons (Fsp3) is 0.421. The number of methoxy groups -OCH3 is 1. The highest BCUT2D eigenvalue weighted by molar-refractivity contribution is 5.92. The summed E-state index contributed by atoms with van der Waals surface area (Å²) >= 11 is 0. The second-order valence-electron chi connectivity index (χ2n) is 5.84. The van der Waals surface area contributed by atoms with Crippen molar-refractivity contribution in [2.75, 3.05) is 7.11 Å². The molecule has 1 heterocycles. The quantitative estimate of drug-likeness (QED) is 0.800. The molecule has 0 saturated heterocycles. The number of unbranched alkanes of at least 4 members (excludes halogenated alkanes) is 1. The molecule has 0 saturated carbocycles. The lowest BCUT2D eigenvalue weighted by molar-refractivity contribution is 0.0928. The van der Waals surface area contributed by atoms with Crippen LogP contribution >= 0.6 is 0 Å². The minimum Gasteiger partial charge on any atom is -0.497 e. The first kappa shape index (κ1) is 18.7. The van der Waals surface area contributed by atoms with Crippen LogP contribution in [0.4, 0.5) is 0 Å². The lowest BCUT2D eigenvalue weighted by Gasteiger charge is -2.18. The summed E-state index contributed by atoms with van der Waals surface area (Å²) in [6.07, 6.45) is 2.55. The Morgan fingerprint density at radius 3 is 2.52 bits per heavy atom. The molecule has 134 valence electrons. The molecule has 0 aliphatic heterocycles. The summed E-state index contributed by atoms with van der Waals surface area (Å²) in [4.78, 5) is 24.4. The first-order valence-electron chi connectivity index (χ1n) is 8.62. The van der Waals surface area contributed by atoms with E-state index < -0.39 is 0 Å². The molecule has 1 aromatic heterocycles. The van der Waals surface area contributed by atoms with E-state index in [9.17, 15) is 9.59 Å². The molecular weight excluding hydrogens is 318 g/mol. The molecule has 1 unspecified atom stereocenters. The Morgan fingerprint density at radius 1 is 1.20 bits per heavy atom. The Labute approximate surface area is 147 Å². The molecule has 2 aromatic rings. The van der Waals surface area contributed by atoms with Gasteiger partial charge in [0.2, 0.25) is 0 Å². The van der Waals surface area contributed by atoms with Crippen molar-refractivity contribution in [3.8, 4) is 5.75 Å². The molecule has 0 fully saturated rings. The number of ether oxygens (including phenoxy) is 1. The van der Waals surface area contributed by atoms with Gasteiger partial charge in [-0.15, -0.1) is 0 Å². The Kier molecular flexibility index (Phi) is 6.74. The lowest BCUT2D eigenvalue weighted by atomic mass is 10.0. The van der Waals surface area contributed by atoms with Crippen molar-refractivity contribution in [3.05, 3.63) is 58.0 Å². The predicted molar refractivity (Wildman–Crippen MR) is 96.9 cm³/mol. The van der Waals surface area contributed by atoms with Gasteiger partial charge in [-0.05, 0) is 36.6 Å². The smallest absolute Gasteiger partial charge is 0.272 e. The molecule has 0 bridgehead atoms. The summed E-state index contributed by atoms with van der Waals surface area (Å²) in [5.41, 5.74) is 1.06. The number of hydrogen-bond acceptors (Lipinski definition) is 4. The van der Waals surface area contributed by atoms with Crippen LogP contribution in [0, 0.1) is 0 Å². The highest BCUT2D eigenvalue weighted by Crippen LogP contribution is 2.20. The fourth-order valence-corrected chi connectivity index (χ4v) is 2.53. The van der Waals surface area contributed by atoms with Gasteiger partial charge in [0.15, 0.2) is 0 Å². The van der Waals surface area contributed by atoms with Crippen LogP contribution in [0.2, 0.25) is 0 Å². The number of carbonyl (C=O) groups is 1. The summed E-state index contributed by atoms with van der Waals surface area (Å²) in [6, 6.07) is 10.3. The van der Waals surface area contributed by atoms with Crippen molar-refractivity contribution in [3.63, 3.8) is 0 Å². The largest absolute Gasteiger partial charge is 0.497 e. The van der Waals surface area contributed by atoms with Gasteiger partial charge in [0.05, 0.1) is 13.2 Å². The second kappa shape index (κ2) is 9.01. The summed E-state index contributed by atoms with van der Waals surface area (Å²) in [6.45, 7) is 4.57. The minimum absolute atomic E-state index is 0.128. The monoisotopic (exact) mass is 343 g/mol. The van der Waals surface area contributed by atoms with Crippen LogP contribution in [0.5, 0.6) is 5.75 Å². The average molecular weight is 343 g/mol. The lowest BCUT2D eigenvalue weighted by Crippen LogP contribution is -2.32. The van der Waals surface area contributed by atoms with Crippen LogP contribution in [0.25, 0.3) is 0 Å². The Bertz CT molecular complexity index is 753. The number of aryl methyl sites for hydroxylation is 1. The van der Waals surface area contributed by atoms with Crippen molar-refractivity contribution < 1.29 is 9.53 Å². The summed E-state index contributed by atoms with van der Waals surface area (Å²) < 4.78 is 6.51. The van der Waals surface area contributed by atoms with E-state index >= 15 is 0 Å². The number of amides is 1. The van der Waals surface area contributed by atoms with Gasteiger partial charge in [0, 0.05) is 12.6 Å².